The number of fused-ring (bicyclic) bond motifs is 1. The Kier molecular flexibility index (Phi) is 5.21. The summed E-state index contributed by atoms with van der Waals surface area (Å²) in [5, 5.41) is 12.6. The number of anilines is 1. The number of carbonyl (C=O) groups is 2. The second-order valence-corrected chi connectivity index (χ2v) is 8.71. The monoisotopic (exact) mass is 465 g/mol. The van der Waals surface area contributed by atoms with Gasteiger partial charge >= 0.3 is 6.03 Å². The minimum absolute atomic E-state index is 0.165. The van der Waals surface area contributed by atoms with Crippen molar-refractivity contribution in [3.05, 3.63) is 83.4 Å². The number of nitrogens with zero attached hydrogens (tertiary/aromatic N) is 4. The van der Waals surface area contributed by atoms with Gasteiger partial charge in [0.15, 0.2) is 5.65 Å². The molecule has 6 rings (SSSR count). The van der Waals surface area contributed by atoms with Crippen LogP contribution in [0.25, 0.3) is 22.9 Å². The molecule has 0 radical (unpaired) electrons. The predicted molar refractivity (Wildman–Crippen MR) is 131 cm³/mol. The maximum Gasteiger partial charge on any atom is 0.326 e. The number of nitrogens with one attached hydrogen (secondary N) is 3. The van der Waals surface area contributed by atoms with E-state index in [1.807, 2.05) is 24.3 Å². The van der Waals surface area contributed by atoms with Crippen LogP contribution in [0.3, 0.4) is 0 Å². The number of hydrogen-bond acceptors (Lipinski definition) is 6. The fraction of sp³-hybridized carbons (Fsp3) is 0.192. The van der Waals surface area contributed by atoms with E-state index >= 15 is 0 Å². The molecule has 0 atom stereocenters. The van der Waals surface area contributed by atoms with Gasteiger partial charge < -0.3 is 10.6 Å². The smallest absolute Gasteiger partial charge is 0.326 e. The van der Waals surface area contributed by atoms with E-state index in [0.717, 1.165) is 19.3 Å². The van der Waals surface area contributed by atoms with Crippen molar-refractivity contribution >= 4 is 29.6 Å². The first kappa shape index (κ1) is 21.0. The number of aryl methyl sites for hydroxylation is 2. The number of imide groups is 1. The van der Waals surface area contributed by atoms with Crippen molar-refractivity contribution in [2.45, 2.75) is 31.7 Å². The van der Waals surface area contributed by atoms with Crippen LogP contribution in [0.2, 0.25) is 0 Å². The fourth-order valence-electron chi connectivity index (χ4n) is 4.18. The summed E-state index contributed by atoms with van der Waals surface area (Å²) in [5.41, 5.74) is 4.97. The molecule has 1 saturated carbocycles. The zero-order valence-electron chi connectivity index (χ0n) is 18.9. The van der Waals surface area contributed by atoms with Crippen LogP contribution in [0.5, 0.6) is 0 Å². The Morgan fingerprint density at radius 1 is 0.971 bits per heavy atom. The van der Waals surface area contributed by atoms with E-state index in [2.05, 4.69) is 51.4 Å². The molecule has 1 aliphatic heterocycles. The topological polar surface area (TPSA) is 113 Å². The van der Waals surface area contributed by atoms with Crippen LogP contribution in [0, 0.1) is 0 Å². The van der Waals surface area contributed by atoms with Gasteiger partial charge in [0, 0.05) is 18.0 Å². The van der Waals surface area contributed by atoms with Gasteiger partial charge in [0.25, 0.3) is 5.91 Å². The van der Waals surface area contributed by atoms with Crippen LogP contribution in [0.4, 0.5) is 10.7 Å². The first-order valence-corrected chi connectivity index (χ1v) is 11.6. The first-order chi connectivity index (χ1) is 17.1. The number of amides is 3. The van der Waals surface area contributed by atoms with E-state index in [-0.39, 0.29) is 5.70 Å². The molecular weight excluding hydrogens is 442 g/mol. The molecule has 1 saturated heterocycles. The van der Waals surface area contributed by atoms with E-state index in [0.29, 0.717) is 35.4 Å². The van der Waals surface area contributed by atoms with Crippen molar-refractivity contribution in [1.29, 1.82) is 0 Å². The molecule has 0 bridgehead atoms. The van der Waals surface area contributed by atoms with Gasteiger partial charge in [-0.3, -0.25) is 10.1 Å². The van der Waals surface area contributed by atoms with E-state index in [4.69, 9.17) is 9.97 Å². The lowest BCUT2D eigenvalue weighted by Gasteiger charge is -2.11. The molecule has 3 heterocycles. The zero-order valence-corrected chi connectivity index (χ0v) is 18.9. The molecule has 2 aromatic carbocycles. The molecular formula is C26H23N7O2. The summed E-state index contributed by atoms with van der Waals surface area (Å²) in [7, 11) is 0. The zero-order chi connectivity index (χ0) is 23.8. The van der Waals surface area contributed by atoms with Crippen LogP contribution in [-0.4, -0.2) is 37.6 Å². The molecule has 1 aliphatic carbocycles. The summed E-state index contributed by atoms with van der Waals surface area (Å²) in [6.07, 6.45) is 6.81. The van der Waals surface area contributed by atoms with Crippen molar-refractivity contribution in [3.8, 4) is 11.1 Å². The van der Waals surface area contributed by atoms with Crippen LogP contribution in [0.1, 0.15) is 29.8 Å². The summed E-state index contributed by atoms with van der Waals surface area (Å²) >= 11 is 0. The van der Waals surface area contributed by atoms with Gasteiger partial charge in [0.2, 0.25) is 5.95 Å². The maximum atomic E-state index is 12.0. The highest BCUT2D eigenvalue weighted by Gasteiger charge is 2.26. The molecule has 174 valence electrons. The standard InChI is InChI=1S/C26H23N7O2/c34-24-21(29-26(35)32-24)14-18-15-27-33-23(18)30-22(31-25(33)28-19-11-12-19)13-10-17-8-4-5-9-20(17)16-6-2-1-3-7-16/h1-9,14-15,19H,10-13H2,(H,28,30,31)(H2,29,32,34,35)/b21-14-. The first-order valence-electron chi connectivity index (χ1n) is 11.6. The lowest BCUT2D eigenvalue weighted by Crippen LogP contribution is -2.22. The van der Waals surface area contributed by atoms with Crippen LogP contribution < -0.4 is 16.0 Å². The number of benzene rings is 2. The van der Waals surface area contributed by atoms with E-state index in [1.54, 1.807) is 16.8 Å². The fourth-order valence-corrected chi connectivity index (χ4v) is 4.18. The second kappa shape index (κ2) is 8.68. The molecule has 2 aliphatic rings. The average Bonchev–Trinajstić information content (AvgIpc) is 3.51. The molecule has 2 aromatic heterocycles. The van der Waals surface area contributed by atoms with Crippen molar-refractivity contribution in [1.82, 2.24) is 30.2 Å². The maximum absolute atomic E-state index is 12.0. The van der Waals surface area contributed by atoms with Gasteiger partial charge in [0.05, 0.1) is 6.20 Å². The minimum Gasteiger partial charge on any atom is -0.351 e. The SMILES string of the molecule is O=C1NC(=O)/C(=C/c2cnn3c(NC4CC4)nc(CCc4ccccc4-c4ccccc4)nc23)N1. The average molecular weight is 466 g/mol. The molecule has 2 fully saturated rings. The molecule has 0 spiro atoms. The number of rotatable bonds is 7. The highest BCUT2D eigenvalue weighted by atomic mass is 16.2. The summed E-state index contributed by atoms with van der Waals surface area (Å²) in [4.78, 5) is 33.1. The third-order valence-electron chi connectivity index (χ3n) is 6.09. The van der Waals surface area contributed by atoms with Crippen molar-refractivity contribution in [3.63, 3.8) is 0 Å². The Balaban J connectivity index is 1.34. The van der Waals surface area contributed by atoms with E-state index in [9.17, 15) is 9.59 Å². The van der Waals surface area contributed by atoms with Gasteiger partial charge in [0.1, 0.15) is 11.5 Å². The number of hydrogen-bond donors (Lipinski definition) is 3. The Labute approximate surface area is 201 Å². The van der Waals surface area contributed by atoms with Crippen LogP contribution in [-0.2, 0) is 17.6 Å². The number of aromatic nitrogens is 4. The molecule has 4 aromatic rings. The van der Waals surface area contributed by atoms with Gasteiger partial charge in [-0.1, -0.05) is 54.6 Å². The highest BCUT2D eigenvalue weighted by molar-refractivity contribution is 6.14. The lowest BCUT2D eigenvalue weighted by molar-refractivity contribution is -0.115. The van der Waals surface area contributed by atoms with Gasteiger partial charge in [-0.05, 0) is 42.0 Å². The lowest BCUT2D eigenvalue weighted by atomic mass is 9.97. The molecule has 9 nitrogen and oxygen atoms in total. The summed E-state index contributed by atoms with van der Waals surface area (Å²) < 4.78 is 1.65. The van der Waals surface area contributed by atoms with Crippen LogP contribution in [0.15, 0.2) is 66.5 Å². The van der Waals surface area contributed by atoms with Crippen LogP contribution >= 0.6 is 0 Å². The van der Waals surface area contributed by atoms with Gasteiger partial charge in [-0.25, -0.2) is 9.78 Å². The third kappa shape index (κ3) is 4.35. The normalized spacial score (nSPS) is 16.5. The summed E-state index contributed by atoms with van der Waals surface area (Å²) in [6, 6.07) is 18.5. The Morgan fingerprint density at radius 3 is 2.54 bits per heavy atom. The van der Waals surface area contributed by atoms with Gasteiger partial charge in [-0.15, -0.1) is 0 Å². The number of urea groups is 1. The molecule has 3 amide bonds. The molecule has 35 heavy (non-hydrogen) atoms. The van der Waals surface area contributed by atoms with Crippen molar-refractivity contribution in [2.75, 3.05) is 5.32 Å². The van der Waals surface area contributed by atoms with E-state index < -0.39 is 11.9 Å². The predicted octanol–water partition coefficient (Wildman–Crippen LogP) is 3.33. The minimum atomic E-state index is -0.541. The largest absolute Gasteiger partial charge is 0.351 e. The Bertz CT molecular complexity index is 1470. The Morgan fingerprint density at radius 2 is 1.77 bits per heavy atom. The van der Waals surface area contributed by atoms with Gasteiger partial charge in [-0.2, -0.15) is 14.6 Å². The summed E-state index contributed by atoms with van der Waals surface area (Å²) in [6.45, 7) is 0. The summed E-state index contributed by atoms with van der Waals surface area (Å²) in [5.74, 6) is 0.842. The molecule has 3 N–H and O–H groups in total. The quantitative estimate of drug-likeness (QED) is 0.285. The molecule has 9 heteroatoms. The van der Waals surface area contributed by atoms with Crippen molar-refractivity contribution in [2.24, 2.45) is 0 Å². The number of carbonyl (C=O) groups excluding carboxylic acids is 2. The highest BCUT2D eigenvalue weighted by Crippen LogP contribution is 2.27. The molecule has 0 unspecified atom stereocenters. The Hall–Kier alpha value is -4.53. The second-order valence-electron chi connectivity index (χ2n) is 8.71. The third-order valence-corrected chi connectivity index (χ3v) is 6.09. The van der Waals surface area contributed by atoms with Crippen molar-refractivity contribution < 1.29 is 9.59 Å². The van der Waals surface area contributed by atoms with E-state index in [1.165, 1.54) is 16.7 Å².